The van der Waals surface area contributed by atoms with Crippen molar-refractivity contribution in [2.75, 3.05) is 10.2 Å². The number of aromatic nitrogens is 2. The average Bonchev–Trinajstić information content (AvgIpc) is 3.49. The summed E-state index contributed by atoms with van der Waals surface area (Å²) in [7, 11) is 0. The highest BCUT2D eigenvalue weighted by atomic mass is 32.1. The van der Waals surface area contributed by atoms with Crippen molar-refractivity contribution in [1.82, 2.24) is 14.9 Å². The number of pyridine rings is 1. The van der Waals surface area contributed by atoms with Crippen molar-refractivity contribution in [2.24, 2.45) is 0 Å². The quantitative estimate of drug-likeness (QED) is 0.332. The van der Waals surface area contributed by atoms with E-state index in [2.05, 4.69) is 15.6 Å². The van der Waals surface area contributed by atoms with Crippen LogP contribution in [-0.2, 0) is 4.79 Å². The fourth-order valence-electron chi connectivity index (χ4n) is 4.48. The number of carboxylic acid groups (broad SMARTS) is 1. The molecule has 1 amide bonds. The molecule has 0 aliphatic carbocycles. The van der Waals surface area contributed by atoms with Crippen LogP contribution in [0.4, 0.5) is 11.4 Å². The largest absolute Gasteiger partial charge is 0.478 e. The van der Waals surface area contributed by atoms with Crippen molar-refractivity contribution < 1.29 is 14.7 Å². The Hall–Kier alpha value is -4.50. The molecule has 9 heteroatoms. The van der Waals surface area contributed by atoms with Gasteiger partial charge in [-0.05, 0) is 85.0 Å². The highest BCUT2D eigenvalue weighted by Gasteiger charge is 2.42. The van der Waals surface area contributed by atoms with E-state index < -0.39 is 5.97 Å². The molecule has 0 saturated carbocycles. The van der Waals surface area contributed by atoms with Crippen LogP contribution in [0.1, 0.15) is 40.8 Å². The van der Waals surface area contributed by atoms with E-state index in [0.29, 0.717) is 10.8 Å². The number of hydrogen-bond donors (Lipinski definition) is 3. The summed E-state index contributed by atoms with van der Waals surface area (Å²) in [5, 5.41) is 16.1. The second-order valence-corrected chi connectivity index (χ2v) is 8.77. The van der Waals surface area contributed by atoms with Gasteiger partial charge in [-0.15, -0.1) is 0 Å². The number of nitrogens with zero attached hydrogens (tertiary/aromatic N) is 3. The first-order valence-electron chi connectivity index (χ1n) is 11.3. The number of carbonyl (C=O) groups excluding carboxylic acids is 1. The highest BCUT2D eigenvalue weighted by molar-refractivity contribution is 7.80. The van der Waals surface area contributed by atoms with Gasteiger partial charge in [-0.2, -0.15) is 0 Å². The van der Waals surface area contributed by atoms with Crippen molar-refractivity contribution in [3.63, 3.8) is 0 Å². The first-order chi connectivity index (χ1) is 17.4. The van der Waals surface area contributed by atoms with Gasteiger partial charge in [0.2, 0.25) is 5.91 Å². The number of rotatable bonds is 6. The Morgan fingerprint density at radius 1 is 0.972 bits per heavy atom. The fraction of sp³-hybridized carbons (Fsp3) is 0.111. The minimum Gasteiger partial charge on any atom is -0.478 e. The van der Waals surface area contributed by atoms with Crippen molar-refractivity contribution in [3.05, 3.63) is 108 Å². The molecule has 0 radical (unpaired) electrons. The van der Waals surface area contributed by atoms with Crippen molar-refractivity contribution in [1.29, 1.82) is 0 Å². The maximum absolute atomic E-state index is 11.4. The summed E-state index contributed by atoms with van der Waals surface area (Å²) in [5.41, 5.74) is 4.41. The minimum absolute atomic E-state index is 0.138. The third-order valence-electron chi connectivity index (χ3n) is 6.04. The minimum atomic E-state index is -0.969. The van der Waals surface area contributed by atoms with Crippen LogP contribution < -0.4 is 15.5 Å². The van der Waals surface area contributed by atoms with E-state index in [-0.39, 0.29) is 23.6 Å². The molecule has 2 aromatic carbocycles. The van der Waals surface area contributed by atoms with E-state index >= 15 is 0 Å². The summed E-state index contributed by atoms with van der Waals surface area (Å²) in [6.07, 6.45) is 3.70. The third kappa shape index (κ3) is 4.44. The molecule has 1 aliphatic heterocycles. The van der Waals surface area contributed by atoms with Crippen LogP contribution in [-0.4, -0.2) is 31.6 Å². The Bertz CT molecular complexity index is 1420. The lowest BCUT2D eigenvalue weighted by Crippen LogP contribution is -2.30. The molecule has 4 aromatic rings. The average molecular weight is 498 g/mol. The number of amides is 1. The summed E-state index contributed by atoms with van der Waals surface area (Å²) < 4.78 is 2.03. The fourth-order valence-corrected chi connectivity index (χ4v) is 4.82. The second-order valence-electron chi connectivity index (χ2n) is 8.38. The lowest BCUT2D eigenvalue weighted by molar-refractivity contribution is -0.114. The molecule has 0 spiro atoms. The van der Waals surface area contributed by atoms with Crippen LogP contribution in [0.5, 0.6) is 0 Å². The topological polar surface area (TPSA) is 99.5 Å². The molecule has 3 N–H and O–H groups in total. The molecule has 36 heavy (non-hydrogen) atoms. The molecule has 8 nitrogen and oxygen atoms in total. The van der Waals surface area contributed by atoms with E-state index in [4.69, 9.17) is 12.2 Å². The van der Waals surface area contributed by atoms with Gasteiger partial charge in [-0.1, -0.05) is 6.07 Å². The van der Waals surface area contributed by atoms with Crippen LogP contribution >= 0.6 is 12.2 Å². The van der Waals surface area contributed by atoms with Crippen LogP contribution in [0, 0.1) is 0 Å². The van der Waals surface area contributed by atoms with Gasteiger partial charge < -0.3 is 25.2 Å². The normalized spacial score (nSPS) is 17.0. The summed E-state index contributed by atoms with van der Waals surface area (Å²) in [6.45, 7) is 1.47. The summed E-state index contributed by atoms with van der Waals surface area (Å²) in [5.74, 6) is -1.11. The molecule has 1 saturated heterocycles. The van der Waals surface area contributed by atoms with Crippen LogP contribution in [0.3, 0.4) is 0 Å². The summed E-state index contributed by atoms with van der Waals surface area (Å²) >= 11 is 5.80. The monoisotopic (exact) mass is 497 g/mol. The van der Waals surface area contributed by atoms with Gasteiger partial charge >= 0.3 is 5.97 Å². The molecule has 5 rings (SSSR count). The van der Waals surface area contributed by atoms with Crippen molar-refractivity contribution in [3.8, 4) is 5.69 Å². The summed E-state index contributed by atoms with van der Waals surface area (Å²) in [6, 6.07) is 23.5. The first kappa shape index (κ1) is 23.3. The van der Waals surface area contributed by atoms with E-state index in [1.54, 1.807) is 30.5 Å². The van der Waals surface area contributed by atoms with Crippen molar-refractivity contribution >= 4 is 40.6 Å². The number of hydrogen-bond acceptors (Lipinski definition) is 4. The Morgan fingerprint density at radius 2 is 1.69 bits per heavy atom. The molecular weight excluding hydrogens is 474 g/mol. The van der Waals surface area contributed by atoms with E-state index in [1.807, 2.05) is 70.3 Å². The third-order valence-corrected chi connectivity index (χ3v) is 6.35. The van der Waals surface area contributed by atoms with Gasteiger partial charge in [0.15, 0.2) is 5.11 Å². The number of thiocarbonyl (C=S) groups is 1. The molecular formula is C27H23N5O3S. The van der Waals surface area contributed by atoms with Gasteiger partial charge in [0.1, 0.15) is 6.04 Å². The molecule has 1 fully saturated rings. The van der Waals surface area contributed by atoms with Crippen molar-refractivity contribution in [2.45, 2.75) is 19.0 Å². The van der Waals surface area contributed by atoms with Crippen LogP contribution in [0.15, 0.2) is 91.3 Å². The maximum atomic E-state index is 11.4. The SMILES string of the molecule is CC(=O)Nc1ccc(N2C(=S)N[C@H](c3ccccn3)[C@@H]2c2cccn2-c2ccc(C(=O)O)cc2)cc1. The highest BCUT2D eigenvalue weighted by Crippen LogP contribution is 2.42. The molecule has 3 heterocycles. The molecule has 2 atom stereocenters. The Labute approximate surface area is 213 Å². The smallest absolute Gasteiger partial charge is 0.335 e. The van der Waals surface area contributed by atoms with Crippen LogP contribution in [0.2, 0.25) is 0 Å². The number of benzene rings is 2. The first-order valence-corrected chi connectivity index (χ1v) is 11.7. The predicted molar refractivity (Wildman–Crippen MR) is 141 cm³/mol. The molecule has 2 aromatic heterocycles. The summed E-state index contributed by atoms with van der Waals surface area (Å²) in [4.78, 5) is 29.4. The Kier molecular flexibility index (Phi) is 6.22. The lowest BCUT2D eigenvalue weighted by atomic mass is 10.0. The maximum Gasteiger partial charge on any atom is 0.335 e. The number of aromatic carboxylic acids is 1. The van der Waals surface area contributed by atoms with E-state index in [0.717, 1.165) is 22.8 Å². The second kappa shape index (κ2) is 9.63. The predicted octanol–water partition coefficient (Wildman–Crippen LogP) is 4.71. The number of carboxylic acids is 1. The van der Waals surface area contributed by atoms with E-state index in [9.17, 15) is 14.7 Å². The Balaban J connectivity index is 1.59. The van der Waals surface area contributed by atoms with Gasteiger partial charge in [-0.3, -0.25) is 9.78 Å². The molecule has 0 unspecified atom stereocenters. The van der Waals surface area contributed by atoms with Gasteiger partial charge in [-0.25, -0.2) is 4.79 Å². The zero-order valence-corrected chi connectivity index (χ0v) is 20.1. The standard InChI is InChI=1S/C27H23N5O3S/c1-17(33)29-19-9-13-21(14-10-19)32-25(24(30-27(32)36)22-5-2-3-15-28-22)23-6-4-16-31(23)20-11-7-18(8-12-20)26(34)35/h2-16,24-25H,1H3,(H,29,33)(H,30,36)(H,34,35)/t24-,25+/m1/s1. The van der Waals surface area contributed by atoms with Gasteiger partial charge in [0.05, 0.1) is 17.3 Å². The van der Waals surface area contributed by atoms with Crippen LogP contribution in [0.25, 0.3) is 5.69 Å². The number of nitrogens with one attached hydrogen (secondary N) is 2. The number of anilines is 2. The molecule has 180 valence electrons. The molecule has 0 bridgehead atoms. The zero-order valence-electron chi connectivity index (χ0n) is 19.3. The van der Waals surface area contributed by atoms with Gasteiger partial charge in [0.25, 0.3) is 0 Å². The zero-order chi connectivity index (χ0) is 25.2. The lowest BCUT2D eigenvalue weighted by Gasteiger charge is -2.29. The van der Waals surface area contributed by atoms with E-state index in [1.165, 1.54) is 6.92 Å². The number of carbonyl (C=O) groups is 2. The van der Waals surface area contributed by atoms with Gasteiger partial charge in [0, 0.05) is 42.1 Å². The molecule has 1 aliphatic rings. The Morgan fingerprint density at radius 3 is 2.33 bits per heavy atom.